The predicted octanol–water partition coefficient (Wildman–Crippen LogP) is 2.33. The van der Waals surface area contributed by atoms with Crippen LogP contribution in [0.1, 0.15) is 12.5 Å². The van der Waals surface area contributed by atoms with Gasteiger partial charge in [-0.3, -0.25) is 0 Å². The van der Waals surface area contributed by atoms with Gasteiger partial charge in [0.15, 0.2) is 0 Å². The topological polar surface area (TPSA) is 47.6 Å². The van der Waals surface area contributed by atoms with Gasteiger partial charge in [-0.05, 0) is 18.6 Å². The maximum absolute atomic E-state index is 10.8. The second-order valence-electron chi connectivity index (χ2n) is 2.65. The van der Waals surface area contributed by atoms with Crippen LogP contribution >= 0.6 is 0 Å². The highest BCUT2D eigenvalue weighted by Gasteiger charge is 1.96. The van der Waals surface area contributed by atoms with E-state index in [9.17, 15) is 4.79 Å². The molecule has 80 valence electrons. The van der Waals surface area contributed by atoms with E-state index in [1.807, 2.05) is 30.3 Å². The van der Waals surface area contributed by atoms with Crippen molar-refractivity contribution in [3.05, 3.63) is 42.2 Å². The summed E-state index contributed by atoms with van der Waals surface area (Å²) < 4.78 is 4.59. The summed E-state index contributed by atoms with van der Waals surface area (Å²) in [6.45, 7) is 2.04. The molecule has 1 rings (SSSR count). The number of hydrogen-bond donors (Lipinski definition) is 1. The Kier molecular flexibility index (Phi) is 4.80. The zero-order chi connectivity index (χ0) is 10.9. The quantitative estimate of drug-likeness (QED) is 0.609. The molecule has 0 saturated heterocycles. The molecule has 0 bridgehead atoms. The molecule has 0 fully saturated rings. The van der Waals surface area contributed by atoms with Gasteiger partial charge < -0.3 is 9.57 Å². The summed E-state index contributed by atoms with van der Waals surface area (Å²) in [5.41, 5.74) is 3.09. The van der Waals surface area contributed by atoms with Crippen LogP contribution in [0.2, 0.25) is 0 Å². The minimum absolute atomic E-state index is 0.317. The Bertz CT molecular complexity index is 322. The van der Waals surface area contributed by atoms with E-state index in [2.05, 4.69) is 10.2 Å². The monoisotopic (exact) mass is 207 g/mol. The van der Waals surface area contributed by atoms with Gasteiger partial charge in [0.2, 0.25) is 0 Å². The molecule has 0 spiro atoms. The molecule has 4 nitrogen and oxygen atoms in total. The maximum atomic E-state index is 10.8. The van der Waals surface area contributed by atoms with Gasteiger partial charge in [-0.25, -0.2) is 4.79 Å². The normalized spacial score (nSPS) is 9.93. The van der Waals surface area contributed by atoms with Crippen molar-refractivity contribution in [2.45, 2.75) is 6.92 Å². The van der Waals surface area contributed by atoms with Crippen molar-refractivity contribution in [3.8, 4) is 0 Å². The highest BCUT2D eigenvalue weighted by molar-refractivity contribution is 5.65. The fourth-order valence-electron chi connectivity index (χ4n) is 0.919. The number of ether oxygens (including phenoxy) is 1. The molecule has 4 heteroatoms. The van der Waals surface area contributed by atoms with Crippen LogP contribution in [0.5, 0.6) is 0 Å². The number of carbonyl (C=O) groups excluding carboxylic acids is 1. The zero-order valence-corrected chi connectivity index (χ0v) is 8.47. The first-order chi connectivity index (χ1) is 7.33. The fraction of sp³-hybridized carbons (Fsp3) is 0.182. The van der Waals surface area contributed by atoms with Gasteiger partial charge in [0, 0.05) is 0 Å². The van der Waals surface area contributed by atoms with Gasteiger partial charge in [-0.15, -0.1) is 0 Å². The summed E-state index contributed by atoms with van der Waals surface area (Å²) in [5, 5.41) is 0. The number of benzene rings is 1. The van der Waals surface area contributed by atoms with Crippen molar-refractivity contribution in [2.75, 3.05) is 6.61 Å². The van der Waals surface area contributed by atoms with Gasteiger partial charge in [0.25, 0.3) is 0 Å². The van der Waals surface area contributed by atoms with E-state index < -0.39 is 6.09 Å². The molecule has 0 radical (unpaired) electrons. The van der Waals surface area contributed by atoms with Crippen LogP contribution < -0.4 is 5.48 Å². The van der Waals surface area contributed by atoms with Crippen LogP contribution in [0.4, 0.5) is 4.79 Å². The van der Waals surface area contributed by atoms with E-state index in [0.717, 1.165) is 5.56 Å². The first-order valence-corrected chi connectivity index (χ1v) is 4.63. The van der Waals surface area contributed by atoms with Crippen LogP contribution in [0, 0.1) is 0 Å². The van der Waals surface area contributed by atoms with Gasteiger partial charge >= 0.3 is 6.09 Å². The molecular weight excluding hydrogens is 194 g/mol. The van der Waals surface area contributed by atoms with E-state index in [1.54, 1.807) is 13.0 Å². The SMILES string of the molecule is CCOC(=O)NOC=Cc1ccccc1. The Morgan fingerprint density at radius 2 is 2.13 bits per heavy atom. The number of hydrogen-bond acceptors (Lipinski definition) is 3. The summed E-state index contributed by atoms with van der Waals surface area (Å²) in [4.78, 5) is 15.5. The van der Waals surface area contributed by atoms with Crippen molar-refractivity contribution < 1.29 is 14.4 Å². The molecule has 1 amide bonds. The van der Waals surface area contributed by atoms with Gasteiger partial charge in [0.1, 0.15) is 6.26 Å². The number of nitrogens with one attached hydrogen (secondary N) is 1. The van der Waals surface area contributed by atoms with Crippen LogP contribution in [0.3, 0.4) is 0 Å². The average Bonchev–Trinajstić information content (AvgIpc) is 2.26. The van der Waals surface area contributed by atoms with Gasteiger partial charge in [-0.1, -0.05) is 30.3 Å². The minimum Gasteiger partial charge on any atom is -0.448 e. The molecule has 15 heavy (non-hydrogen) atoms. The number of hydroxylamine groups is 1. The summed E-state index contributed by atoms with van der Waals surface area (Å²) in [6, 6.07) is 9.60. The van der Waals surface area contributed by atoms with E-state index in [-0.39, 0.29) is 0 Å². The molecular formula is C11H13NO3. The lowest BCUT2D eigenvalue weighted by atomic mass is 10.2. The molecule has 0 aliphatic carbocycles. The fourth-order valence-corrected chi connectivity index (χ4v) is 0.919. The third-order valence-corrected chi connectivity index (χ3v) is 1.55. The molecule has 1 aromatic rings. The summed E-state index contributed by atoms with van der Waals surface area (Å²) in [7, 11) is 0. The molecule has 0 unspecified atom stereocenters. The van der Waals surface area contributed by atoms with E-state index in [0.29, 0.717) is 6.61 Å². The standard InChI is InChI=1S/C11H13NO3/c1-2-14-11(13)12-15-9-8-10-6-4-3-5-7-10/h3-9H,2H2,1H3,(H,12,13). The minimum atomic E-state index is -0.602. The molecule has 1 N–H and O–H groups in total. The molecule has 0 aliphatic rings. The molecule has 0 heterocycles. The summed E-state index contributed by atoms with van der Waals surface area (Å²) in [6.07, 6.45) is 2.51. The Morgan fingerprint density at radius 3 is 2.80 bits per heavy atom. The Morgan fingerprint density at radius 1 is 1.40 bits per heavy atom. The number of amides is 1. The summed E-state index contributed by atoms with van der Waals surface area (Å²) in [5.74, 6) is 0. The van der Waals surface area contributed by atoms with Crippen molar-refractivity contribution in [3.63, 3.8) is 0 Å². The Balaban J connectivity index is 2.26. The lowest BCUT2D eigenvalue weighted by Crippen LogP contribution is -2.22. The maximum Gasteiger partial charge on any atom is 0.440 e. The molecule has 0 aromatic heterocycles. The second kappa shape index (κ2) is 6.48. The third-order valence-electron chi connectivity index (χ3n) is 1.55. The van der Waals surface area contributed by atoms with E-state index in [1.165, 1.54) is 6.26 Å². The molecule has 0 atom stereocenters. The van der Waals surface area contributed by atoms with Crippen molar-refractivity contribution in [2.24, 2.45) is 0 Å². The number of rotatable bonds is 4. The van der Waals surface area contributed by atoms with E-state index in [4.69, 9.17) is 4.84 Å². The largest absolute Gasteiger partial charge is 0.448 e. The predicted molar refractivity (Wildman–Crippen MR) is 56.7 cm³/mol. The smallest absolute Gasteiger partial charge is 0.440 e. The highest BCUT2D eigenvalue weighted by Crippen LogP contribution is 2.00. The molecule has 0 aliphatic heterocycles. The van der Waals surface area contributed by atoms with Crippen LogP contribution in [0.15, 0.2) is 36.6 Å². The second-order valence-corrected chi connectivity index (χ2v) is 2.65. The van der Waals surface area contributed by atoms with Crippen LogP contribution in [0.25, 0.3) is 6.08 Å². The van der Waals surface area contributed by atoms with E-state index >= 15 is 0 Å². The Hall–Kier alpha value is -1.97. The summed E-state index contributed by atoms with van der Waals surface area (Å²) >= 11 is 0. The first-order valence-electron chi connectivity index (χ1n) is 4.63. The number of carbonyl (C=O) groups is 1. The van der Waals surface area contributed by atoms with Crippen LogP contribution in [-0.4, -0.2) is 12.7 Å². The lowest BCUT2D eigenvalue weighted by molar-refractivity contribution is 0.0829. The highest BCUT2D eigenvalue weighted by atomic mass is 16.7. The molecule has 1 aromatic carbocycles. The van der Waals surface area contributed by atoms with Crippen molar-refractivity contribution in [1.29, 1.82) is 0 Å². The zero-order valence-electron chi connectivity index (χ0n) is 8.47. The van der Waals surface area contributed by atoms with Crippen molar-refractivity contribution in [1.82, 2.24) is 5.48 Å². The van der Waals surface area contributed by atoms with Gasteiger partial charge in [0.05, 0.1) is 6.61 Å². The first kappa shape index (κ1) is 11.1. The van der Waals surface area contributed by atoms with Crippen molar-refractivity contribution >= 4 is 12.2 Å². The van der Waals surface area contributed by atoms with Crippen LogP contribution in [-0.2, 0) is 9.57 Å². The third kappa shape index (κ3) is 4.71. The molecule has 0 saturated carbocycles. The Labute approximate surface area is 88.5 Å². The lowest BCUT2D eigenvalue weighted by Gasteiger charge is -2.02. The van der Waals surface area contributed by atoms with Gasteiger partial charge in [-0.2, -0.15) is 5.48 Å². The average molecular weight is 207 g/mol.